The summed E-state index contributed by atoms with van der Waals surface area (Å²) in [7, 11) is -4.56. The fourth-order valence-electron chi connectivity index (χ4n) is 3.52. The van der Waals surface area contributed by atoms with Gasteiger partial charge in [-0.3, -0.25) is 14.3 Å². The summed E-state index contributed by atoms with van der Waals surface area (Å²) in [6, 6.07) is 5.81. The Morgan fingerprint density at radius 2 is 2.03 bits per heavy atom. The van der Waals surface area contributed by atoms with Crippen LogP contribution in [-0.4, -0.2) is 70.1 Å². The summed E-state index contributed by atoms with van der Waals surface area (Å²) in [5.74, 6) is -0.765. The number of carbonyl (C=O) groups is 1. The van der Waals surface area contributed by atoms with Gasteiger partial charge in [-0.1, -0.05) is 23.4 Å². The minimum Gasteiger partial charge on any atom is -0.756 e. The van der Waals surface area contributed by atoms with Gasteiger partial charge in [-0.2, -0.15) is 9.98 Å². The number of aliphatic imine (C=N–C) groups is 3. The van der Waals surface area contributed by atoms with Crippen LogP contribution in [0.3, 0.4) is 0 Å². The van der Waals surface area contributed by atoms with Gasteiger partial charge in [-0.05, 0) is 24.3 Å². The number of benzene rings is 1. The number of amidine groups is 2. The summed E-state index contributed by atoms with van der Waals surface area (Å²) in [5.41, 5.74) is 5.66. The van der Waals surface area contributed by atoms with Crippen LogP contribution in [0.5, 0.6) is 0 Å². The number of aliphatic hydroxyl groups excluding tert-OH is 1. The zero-order chi connectivity index (χ0) is 21.9. The number of nitrogens with two attached hydrogens (primary N) is 1. The van der Waals surface area contributed by atoms with Gasteiger partial charge in [0.25, 0.3) is 13.7 Å². The number of hydrogen-bond acceptors (Lipinski definition) is 12. The predicted octanol–water partition coefficient (Wildman–Crippen LogP) is -3.30. The number of hydrogen-bond donors (Lipinski definition) is 2. The Morgan fingerprint density at radius 3 is 2.75 bits per heavy atom. The van der Waals surface area contributed by atoms with Gasteiger partial charge in [0.05, 0.1) is 6.61 Å². The Morgan fingerprint density at radius 1 is 1.31 bits per heavy atom. The molecule has 0 radical (unpaired) electrons. The molecule has 0 bridgehead atoms. The molecule has 0 spiro atoms. The van der Waals surface area contributed by atoms with E-state index in [0.717, 1.165) is 4.90 Å². The van der Waals surface area contributed by atoms with Crippen LogP contribution < -0.4 is 40.2 Å². The average molecular weight is 510 g/mol. The largest absolute Gasteiger partial charge is 1.00 e. The van der Waals surface area contributed by atoms with Crippen LogP contribution in [0.25, 0.3) is 0 Å². The molecule has 12 nitrogen and oxygen atoms in total. The maximum atomic E-state index is 12.4. The van der Waals surface area contributed by atoms with Gasteiger partial charge in [-0.25, -0.2) is 4.99 Å². The first-order valence-corrected chi connectivity index (χ1v) is 11.6. The van der Waals surface area contributed by atoms with E-state index in [1.807, 2.05) is 0 Å². The predicted molar refractivity (Wildman–Crippen MR) is 108 cm³/mol. The number of fused-ring (bicyclic) bond motifs is 2. The fraction of sp³-hybridized carbons (Fsp3) is 0.375. The number of rotatable bonds is 2. The van der Waals surface area contributed by atoms with Crippen LogP contribution >= 0.6 is 31.2 Å². The first-order valence-electron chi connectivity index (χ1n) is 8.96. The molecule has 6 atom stereocenters. The third-order valence-electron chi connectivity index (χ3n) is 4.86. The number of nitrogens with zero attached hydrogens (tertiary/aromatic N) is 4. The summed E-state index contributed by atoms with van der Waals surface area (Å²) >= 11 is 7.11. The molecule has 3 N–H and O–H groups in total. The summed E-state index contributed by atoms with van der Waals surface area (Å²) in [6.07, 6.45) is -4.61. The van der Waals surface area contributed by atoms with E-state index in [1.165, 1.54) is 16.7 Å². The number of phosphoric acid groups is 1. The smallest absolute Gasteiger partial charge is 0.756 e. The summed E-state index contributed by atoms with van der Waals surface area (Å²) in [6.45, 7) is -0.317. The summed E-state index contributed by atoms with van der Waals surface area (Å²) in [4.78, 5) is 38.4. The van der Waals surface area contributed by atoms with Gasteiger partial charge in [0.15, 0.2) is 23.3 Å². The number of carbonyl (C=O) groups excluding carboxylic acids is 1. The number of ether oxygens (including phenoxy) is 1. The molecule has 1 aromatic rings. The zero-order valence-electron chi connectivity index (χ0n) is 16.4. The second-order valence-electron chi connectivity index (χ2n) is 6.89. The van der Waals surface area contributed by atoms with Crippen molar-refractivity contribution in [3.8, 4) is 0 Å². The number of amides is 1. The molecule has 1 amide bonds. The standard InChI is InChI=1S/C16H15ClN5O7PS.Na/c17-6-1-3-7(4-2-6)31-16-19-9-12(20-15(18)21-13(9)24)22(16)14-10(23)11-8(28-14)5-27-30(25,26)29-11;/h1-4,8-11,14,23H,5H2,(H,25,26)(H2,18,21,24);/q;+1/p-1. The fourth-order valence-corrected chi connectivity index (χ4v) is 5.53. The van der Waals surface area contributed by atoms with Crippen LogP contribution in [0.4, 0.5) is 0 Å². The molecule has 164 valence electrons. The van der Waals surface area contributed by atoms with E-state index in [1.54, 1.807) is 24.3 Å². The molecule has 32 heavy (non-hydrogen) atoms. The maximum absolute atomic E-state index is 12.4. The monoisotopic (exact) mass is 509 g/mol. The maximum Gasteiger partial charge on any atom is 1.00 e. The number of aliphatic hydroxyl groups is 1. The van der Waals surface area contributed by atoms with Crippen molar-refractivity contribution in [1.82, 2.24) is 4.90 Å². The Balaban J connectivity index is 0.00000245. The molecule has 2 fully saturated rings. The molecule has 5 rings (SSSR count). The van der Waals surface area contributed by atoms with Crippen LogP contribution in [0, 0.1) is 0 Å². The third-order valence-corrected chi connectivity index (χ3v) is 7.07. The van der Waals surface area contributed by atoms with Crippen molar-refractivity contribution in [2.45, 2.75) is 35.5 Å². The minimum atomic E-state index is -4.56. The minimum absolute atomic E-state index is 0. The molecule has 16 heteroatoms. The molecule has 0 aliphatic carbocycles. The Labute approximate surface area is 212 Å². The first-order chi connectivity index (χ1) is 14.7. The van der Waals surface area contributed by atoms with Crippen LogP contribution in [-0.2, 0) is 23.1 Å². The molecule has 4 aliphatic heterocycles. The summed E-state index contributed by atoms with van der Waals surface area (Å²) in [5, 5.41) is 11.6. The van der Waals surface area contributed by atoms with E-state index in [9.17, 15) is 19.4 Å². The van der Waals surface area contributed by atoms with Crippen molar-refractivity contribution in [1.29, 1.82) is 0 Å². The molecule has 0 saturated carbocycles. The molecule has 4 aliphatic rings. The van der Waals surface area contributed by atoms with Crippen molar-refractivity contribution < 1.29 is 62.7 Å². The number of guanidine groups is 1. The van der Waals surface area contributed by atoms with Gasteiger partial charge in [0, 0.05) is 9.92 Å². The Bertz CT molecular complexity index is 1090. The van der Waals surface area contributed by atoms with Gasteiger partial charge >= 0.3 is 29.6 Å². The Hall–Kier alpha value is -0.830. The quantitative estimate of drug-likeness (QED) is 0.304. The van der Waals surface area contributed by atoms with E-state index < -0.39 is 44.3 Å². The van der Waals surface area contributed by atoms with Crippen molar-refractivity contribution in [2.75, 3.05) is 6.61 Å². The SMILES string of the molecule is NC1=NC(=O)C2N=C(Sc3ccc(Cl)cc3)N(C3OC4COP(=O)([O-])OC4C3O)C2=N1.[Na+]. The zero-order valence-corrected chi connectivity index (χ0v) is 20.9. The van der Waals surface area contributed by atoms with Gasteiger partial charge in [-0.15, -0.1) is 0 Å². The third kappa shape index (κ3) is 4.44. The average Bonchev–Trinajstić information content (AvgIpc) is 3.20. The number of phosphoric ester groups is 1. The van der Waals surface area contributed by atoms with E-state index >= 15 is 0 Å². The second-order valence-corrected chi connectivity index (χ2v) is 9.73. The van der Waals surface area contributed by atoms with E-state index in [-0.39, 0.29) is 53.1 Å². The molecular weight excluding hydrogens is 496 g/mol. The first kappa shape index (κ1) is 24.3. The number of thioether (sulfide) groups is 1. The van der Waals surface area contributed by atoms with Crippen molar-refractivity contribution in [2.24, 2.45) is 20.7 Å². The number of halogens is 1. The summed E-state index contributed by atoms with van der Waals surface area (Å²) < 4.78 is 27.1. The van der Waals surface area contributed by atoms with E-state index in [2.05, 4.69) is 19.5 Å². The molecule has 0 aromatic heterocycles. The van der Waals surface area contributed by atoms with Crippen LogP contribution in [0.1, 0.15) is 0 Å². The van der Waals surface area contributed by atoms with E-state index in [4.69, 9.17) is 26.6 Å². The van der Waals surface area contributed by atoms with Crippen LogP contribution in [0.2, 0.25) is 5.02 Å². The molecular formula is C16H14ClN5NaO7PS. The van der Waals surface area contributed by atoms with Gasteiger partial charge in [0.1, 0.15) is 18.3 Å². The molecule has 4 heterocycles. The van der Waals surface area contributed by atoms with Gasteiger partial charge in [0.2, 0.25) is 5.96 Å². The van der Waals surface area contributed by atoms with Crippen molar-refractivity contribution in [3.05, 3.63) is 29.3 Å². The normalized spacial score (nSPS) is 36.0. The van der Waals surface area contributed by atoms with Crippen LogP contribution in [0.15, 0.2) is 44.1 Å². The van der Waals surface area contributed by atoms with Crippen molar-refractivity contribution in [3.63, 3.8) is 0 Å². The molecule has 1 aromatic carbocycles. The second kappa shape index (κ2) is 9.08. The molecule has 2 saturated heterocycles. The van der Waals surface area contributed by atoms with Gasteiger partial charge < -0.3 is 29.5 Å². The Kier molecular flexibility index (Phi) is 6.90. The molecule has 6 unspecified atom stereocenters. The van der Waals surface area contributed by atoms with Crippen molar-refractivity contribution >= 4 is 54.1 Å². The topological polar surface area (TPSA) is 171 Å². The van der Waals surface area contributed by atoms with E-state index in [0.29, 0.717) is 5.02 Å².